The van der Waals surface area contributed by atoms with E-state index in [-0.39, 0.29) is 29.8 Å². The Balaban J connectivity index is 0.00000392. The van der Waals surface area contributed by atoms with Crippen LogP contribution >= 0.6 is 24.0 Å². The number of methoxy groups -OCH3 is 1. The zero-order chi connectivity index (χ0) is 19.3. The minimum Gasteiger partial charge on any atom is -0.385 e. The number of likely N-dealkylation sites (tertiary alicyclic amines) is 1. The van der Waals surface area contributed by atoms with Gasteiger partial charge in [0, 0.05) is 46.5 Å². The molecule has 0 bridgehead atoms. The van der Waals surface area contributed by atoms with Crippen LogP contribution < -0.4 is 5.32 Å². The number of aliphatic imine (C=N–C) groups is 1. The topological polar surface area (TPSA) is 46.1 Å². The minimum absolute atomic E-state index is 0. The van der Waals surface area contributed by atoms with Crippen molar-refractivity contribution in [2.24, 2.45) is 4.99 Å². The standard InChI is InChI=1S/C21H34FN3O2.HI/c1-3-23-21(24-12-5-8-18-7-4-9-19(22)17-18)25-13-10-20(11-14-25)27-16-6-15-26-2;/h4,7,9,17,20H,3,5-6,8,10-16H2,1-2H3,(H,23,24);1H. The summed E-state index contributed by atoms with van der Waals surface area (Å²) < 4.78 is 24.2. The van der Waals surface area contributed by atoms with Gasteiger partial charge in [-0.25, -0.2) is 4.39 Å². The summed E-state index contributed by atoms with van der Waals surface area (Å²) in [6, 6.07) is 6.82. The van der Waals surface area contributed by atoms with Crippen LogP contribution in [-0.2, 0) is 15.9 Å². The molecule has 160 valence electrons. The Morgan fingerprint density at radius 1 is 1.25 bits per heavy atom. The lowest BCUT2D eigenvalue weighted by Gasteiger charge is -2.34. The van der Waals surface area contributed by atoms with Crippen LogP contribution in [0.25, 0.3) is 0 Å². The molecule has 1 fully saturated rings. The molecule has 0 spiro atoms. The molecule has 28 heavy (non-hydrogen) atoms. The van der Waals surface area contributed by atoms with Crippen LogP contribution in [0.4, 0.5) is 4.39 Å². The summed E-state index contributed by atoms with van der Waals surface area (Å²) in [6.45, 7) is 7.14. The van der Waals surface area contributed by atoms with Gasteiger partial charge in [0.05, 0.1) is 6.10 Å². The number of piperidine rings is 1. The van der Waals surface area contributed by atoms with E-state index in [1.54, 1.807) is 19.2 Å². The van der Waals surface area contributed by atoms with Gasteiger partial charge in [-0.1, -0.05) is 12.1 Å². The minimum atomic E-state index is -0.170. The third kappa shape index (κ3) is 9.52. The van der Waals surface area contributed by atoms with E-state index in [1.165, 1.54) is 6.07 Å². The van der Waals surface area contributed by atoms with Gasteiger partial charge in [-0.15, -0.1) is 24.0 Å². The quantitative estimate of drug-likeness (QED) is 0.226. The van der Waals surface area contributed by atoms with E-state index in [1.807, 2.05) is 6.07 Å². The first-order chi connectivity index (χ1) is 13.2. The van der Waals surface area contributed by atoms with Crippen molar-refractivity contribution < 1.29 is 13.9 Å². The van der Waals surface area contributed by atoms with Crippen molar-refractivity contribution in [3.63, 3.8) is 0 Å². The van der Waals surface area contributed by atoms with E-state index in [0.717, 1.165) is 83.0 Å². The number of halogens is 2. The zero-order valence-corrected chi connectivity index (χ0v) is 19.5. The summed E-state index contributed by atoms with van der Waals surface area (Å²) in [7, 11) is 1.72. The van der Waals surface area contributed by atoms with E-state index in [9.17, 15) is 4.39 Å². The zero-order valence-electron chi connectivity index (χ0n) is 17.2. The maximum Gasteiger partial charge on any atom is 0.193 e. The molecule has 2 rings (SSSR count). The van der Waals surface area contributed by atoms with E-state index >= 15 is 0 Å². The van der Waals surface area contributed by atoms with Crippen LogP contribution in [0.3, 0.4) is 0 Å². The lowest BCUT2D eigenvalue weighted by Crippen LogP contribution is -2.47. The number of benzene rings is 1. The van der Waals surface area contributed by atoms with Gasteiger partial charge < -0.3 is 19.7 Å². The van der Waals surface area contributed by atoms with Crippen LogP contribution in [-0.4, -0.2) is 63.5 Å². The highest BCUT2D eigenvalue weighted by atomic mass is 127. The maximum absolute atomic E-state index is 13.2. The van der Waals surface area contributed by atoms with Gasteiger partial charge in [0.1, 0.15) is 5.82 Å². The summed E-state index contributed by atoms with van der Waals surface area (Å²) in [5.41, 5.74) is 1.03. The molecule has 1 N–H and O–H groups in total. The molecular formula is C21H35FIN3O2. The van der Waals surface area contributed by atoms with Crippen molar-refractivity contribution >= 4 is 29.9 Å². The average molecular weight is 507 g/mol. The van der Waals surface area contributed by atoms with Gasteiger partial charge in [-0.2, -0.15) is 0 Å². The molecule has 0 radical (unpaired) electrons. The number of hydrogen-bond acceptors (Lipinski definition) is 3. The van der Waals surface area contributed by atoms with Gasteiger partial charge >= 0.3 is 0 Å². The molecule has 0 atom stereocenters. The molecule has 0 amide bonds. The average Bonchev–Trinajstić information content (AvgIpc) is 2.68. The summed E-state index contributed by atoms with van der Waals surface area (Å²) in [4.78, 5) is 7.09. The first-order valence-corrected chi connectivity index (χ1v) is 10.1. The number of hydrogen-bond donors (Lipinski definition) is 1. The highest BCUT2D eigenvalue weighted by Gasteiger charge is 2.21. The highest BCUT2D eigenvalue weighted by Crippen LogP contribution is 2.14. The Labute approximate surface area is 186 Å². The Bertz CT molecular complexity index is 566. The number of guanidine groups is 1. The van der Waals surface area contributed by atoms with Crippen molar-refractivity contribution in [2.45, 2.75) is 45.1 Å². The third-order valence-electron chi connectivity index (χ3n) is 4.70. The molecule has 1 aromatic rings. The molecule has 1 heterocycles. The lowest BCUT2D eigenvalue weighted by atomic mass is 10.1. The highest BCUT2D eigenvalue weighted by molar-refractivity contribution is 14.0. The summed E-state index contributed by atoms with van der Waals surface area (Å²) >= 11 is 0. The third-order valence-corrected chi connectivity index (χ3v) is 4.70. The first-order valence-electron chi connectivity index (χ1n) is 10.1. The lowest BCUT2D eigenvalue weighted by molar-refractivity contribution is 0.00990. The second-order valence-electron chi connectivity index (χ2n) is 6.87. The predicted molar refractivity (Wildman–Crippen MR) is 123 cm³/mol. The molecule has 0 aliphatic carbocycles. The molecule has 0 unspecified atom stereocenters. The number of nitrogens with zero attached hydrogens (tertiary/aromatic N) is 2. The normalized spacial score (nSPS) is 15.4. The molecule has 0 aromatic heterocycles. The van der Waals surface area contributed by atoms with Gasteiger partial charge in [0.15, 0.2) is 5.96 Å². The van der Waals surface area contributed by atoms with Crippen molar-refractivity contribution in [1.29, 1.82) is 0 Å². The second kappa shape index (κ2) is 15.0. The van der Waals surface area contributed by atoms with Crippen LogP contribution in [0.5, 0.6) is 0 Å². The van der Waals surface area contributed by atoms with Crippen molar-refractivity contribution in [2.75, 3.05) is 46.5 Å². The van der Waals surface area contributed by atoms with Crippen molar-refractivity contribution in [3.05, 3.63) is 35.6 Å². The molecule has 1 aliphatic heterocycles. The second-order valence-corrected chi connectivity index (χ2v) is 6.87. The molecule has 1 aliphatic rings. The Morgan fingerprint density at radius 3 is 2.71 bits per heavy atom. The fourth-order valence-electron chi connectivity index (χ4n) is 3.27. The molecular weight excluding hydrogens is 472 g/mol. The largest absolute Gasteiger partial charge is 0.385 e. The number of ether oxygens (including phenoxy) is 2. The molecule has 0 saturated carbocycles. The Kier molecular flexibility index (Phi) is 13.4. The van der Waals surface area contributed by atoms with Gasteiger partial charge in [0.2, 0.25) is 0 Å². The van der Waals surface area contributed by atoms with E-state index in [0.29, 0.717) is 6.10 Å². The Hall–Kier alpha value is -0.930. The number of nitrogens with one attached hydrogen (secondary N) is 1. The smallest absolute Gasteiger partial charge is 0.193 e. The predicted octanol–water partition coefficient (Wildman–Crippen LogP) is 3.86. The summed E-state index contributed by atoms with van der Waals surface area (Å²) in [5.74, 6) is 0.811. The first kappa shape index (κ1) is 25.1. The van der Waals surface area contributed by atoms with Gasteiger partial charge in [-0.3, -0.25) is 4.99 Å². The fraction of sp³-hybridized carbons (Fsp3) is 0.667. The van der Waals surface area contributed by atoms with E-state index < -0.39 is 0 Å². The molecule has 5 nitrogen and oxygen atoms in total. The SMILES string of the molecule is CCNC(=NCCCc1cccc(F)c1)N1CCC(OCCCOC)CC1.I. The van der Waals surface area contributed by atoms with E-state index in [2.05, 4.69) is 17.1 Å². The maximum atomic E-state index is 13.2. The molecule has 1 saturated heterocycles. The van der Waals surface area contributed by atoms with Crippen LogP contribution in [0.15, 0.2) is 29.3 Å². The number of aryl methyl sites for hydroxylation is 1. The van der Waals surface area contributed by atoms with Crippen LogP contribution in [0.1, 0.15) is 38.2 Å². The number of rotatable bonds is 10. The summed E-state index contributed by atoms with van der Waals surface area (Å²) in [6.07, 6.45) is 5.11. The monoisotopic (exact) mass is 507 g/mol. The molecule has 7 heteroatoms. The van der Waals surface area contributed by atoms with Crippen molar-refractivity contribution in [1.82, 2.24) is 10.2 Å². The van der Waals surface area contributed by atoms with Crippen molar-refractivity contribution in [3.8, 4) is 0 Å². The van der Waals surface area contributed by atoms with E-state index in [4.69, 9.17) is 14.5 Å². The summed E-state index contributed by atoms with van der Waals surface area (Å²) in [5, 5.41) is 3.39. The van der Waals surface area contributed by atoms with Gasteiger partial charge in [-0.05, 0) is 56.7 Å². The van der Waals surface area contributed by atoms with Crippen LogP contribution in [0.2, 0.25) is 0 Å². The Morgan fingerprint density at radius 2 is 2.04 bits per heavy atom. The fourth-order valence-corrected chi connectivity index (χ4v) is 3.27. The molecule has 1 aromatic carbocycles. The van der Waals surface area contributed by atoms with Crippen LogP contribution in [0, 0.1) is 5.82 Å². The van der Waals surface area contributed by atoms with Gasteiger partial charge in [0.25, 0.3) is 0 Å².